The highest BCUT2D eigenvalue weighted by molar-refractivity contribution is 6.80. The van der Waals surface area contributed by atoms with E-state index in [1.54, 1.807) is 50.6 Å². The molecule has 0 atom stereocenters. The molecule has 1 saturated heterocycles. The highest BCUT2D eigenvalue weighted by Gasteiger charge is 2.38. The van der Waals surface area contributed by atoms with Gasteiger partial charge in [0.05, 0.1) is 8.07 Å². The lowest BCUT2D eigenvalue weighted by molar-refractivity contribution is 0.327. The summed E-state index contributed by atoms with van der Waals surface area (Å²) in [6, 6.07) is 3.30. The van der Waals surface area contributed by atoms with E-state index in [1.165, 1.54) is 31.2 Å². The van der Waals surface area contributed by atoms with Gasteiger partial charge in [-0.3, -0.25) is 0 Å². The first-order chi connectivity index (χ1) is 8.74. The number of allylic oxidation sites excluding steroid dienone is 1. The minimum Gasteiger partial charge on any atom is -0.103 e. The predicted molar refractivity (Wildman–Crippen MR) is 84.8 cm³/mol. The number of hydrogen-bond acceptors (Lipinski definition) is 0. The van der Waals surface area contributed by atoms with Gasteiger partial charge in [0, 0.05) is 0 Å². The summed E-state index contributed by atoms with van der Waals surface area (Å²) < 4.78 is 0. The molecule has 2 aliphatic rings. The Labute approximate surface area is 115 Å². The van der Waals surface area contributed by atoms with Crippen LogP contribution in [0.4, 0.5) is 0 Å². The van der Waals surface area contributed by atoms with E-state index in [2.05, 4.69) is 19.2 Å². The van der Waals surface area contributed by atoms with Crippen LogP contribution in [0.15, 0.2) is 12.7 Å². The molecule has 18 heavy (non-hydrogen) atoms. The second-order valence-corrected chi connectivity index (χ2v) is 12.3. The lowest BCUT2D eigenvalue weighted by Gasteiger charge is -2.42. The zero-order chi connectivity index (χ0) is 12.8. The van der Waals surface area contributed by atoms with Gasteiger partial charge in [0.2, 0.25) is 0 Å². The molecule has 2 rings (SSSR count). The summed E-state index contributed by atoms with van der Waals surface area (Å²) in [5, 5.41) is 0. The molecular weight excluding hydrogens is 232 g/mol. The second kappa shape index (κ2) is 6.93. The molecule has 1 aliphatic heterocycles. The van der Waals surface area contributed by atoms with Crippen molar-refractivity contribution in [1.82, 2.24) is 0 Å². The predicted octanol–water partition coefficient (Wildman–Crippen LogP) is 6.17. The molecule has 0 radical (unpaired) electrons. The van der Waals surface area contributed by atoms with Crippen molar-refractivity contribution in [2.24, 2.45) is 5.92 Å². The van der Waals surface area contributed by atoms with Crippen molar-refractivity contribution in [3.05, 3.63) is 12.7 Å². The van der Waals surface area contributed by atoms with Crippen molar-refractivity contribution >= 4 is 8.07 Å². The summed E-state index contributed by atoms with van der Waals surface area (Å²) >= 11 is 0. The van der Waals surface area contributed by atoms with Crippen LogP contribution < -0.4 is 0 Å². The minimum absolute atomic E-state index is 0.820. The summed E-state index contributed by atoms with van der Waals surface area (Å²) in [5.41, 5.74) is 1.19. The Kier molecular flexibility index (Phi) is 5.53. The molecule has 0 amide bonds. The van der Waals surface area contributed by atoms with Gasteiger partial charge in [0.15, 0.2) is 0 Å². The van der Waals surface area contributed by atoms with Gasteiger partial charge >= 0.3 is 0 Å². The van der Waals surface area contributed by atoms with Gasteiger partial charge in [-0.05, 0) is 24.3 Å². The molecule has 0 nitrogen and oxygen atoms in total. The van der Waals surface area contributed by atoms with Crippen molar-refractivity contribution in [2.75, 3.05) is 0 Å². The van der Waals surface area contributed by atoms with Crippen molar-refractivity contribution in [2.45, 2.75) is 88.4 Å². The summed E-state index contributed by atoms with van der Waals surface area (Å²) in [5.74, 6) is 1.06. The van der Waals surface area contributed by atoms with E-state index >= 15 is 0 Å². The van der Waals surface area contributed by atoms with Crippen LogP contribution >= 0.6 is 0 Å². The van der Waals surface area contributed by atoms with Crippen LogP contribution in [0.1, 0.15) is 64.2 Å². The third kappa shape index (κ3) is 3.72. The molecule has 0 aromatic rings. The van der Waals surface area contributed by atoms with Crippen molar-refractivity contribution in [1.29, 1.82) is 0 Å². The molecule has 1 aliphatic carbocycles. The number of unbranched alkanes of at least 4 members (excludes halogenated alkanes) is 1. The van der Waals surface area contributed by atoms with Crippen LogP contribution in [0.2, 0.25) is 24.2 Å². The van der Waals surface area contributed by atoms with Gasteiger partial charge in [-0.1, -0.05) is 76.1 Å². The van der Waals surface area contributed by atoms with Crippen LogP contribution in [-0.2, 0) is 0 Å². The lowest BCUT2D eigenvalue weighted by atomic mass is 9.85. The average molecular weight is 265 g/mol. The molecule has 0 bridgehead atoms. The zero-order valence-electron chi connectivity index (χ0n) is 12.4. The maximum absolute atomic E-state index is 3.83. The summed E-state index contributed by atoms with van der Waals surface area (Å²) in [6.07, 6.45) is 17.1. The Hall–Kier alpha value is -0.0431. The highest BCUT2D eigenvalue weighted by Crippen LogP contribution is 2.46. The van der Waals surface area contributed by atoms with Crippen LogP contribution in [0, 0.1) is 5.92 Å². The van der Waals surface area contributed by atoms with E-state index in [9.17, 15) is 0 Å². The summed E-state index contributed by atoms with van der Waals surface area (Å²) in [6.45, 7) is 6.56. The van der Waals surface area contributed by atoms with Gasteiger partial charge in [-0.2, -0.15) is 0 Å². The Morgan fingerprint density at radius 2 is 1.72 bits per heavy atom. The van der Waals surface area contributed by atoms with Gasteiger partial charge in [-0.25, -0.2) is 0 Å². The largest absolute Gasteiger partial charge is 0.103 e. The topological polar surface area (TPSA) is 0 Å². The Morgan fingerprint density at radius 3 is 2.33 bits per heavy atom. The quantitative estimate of drug-likeness (QED) is 0.317. The van der Waals surface area contributed by atoms with Crippen molar-refractivity contribution in [3.63, 3.8) is 0 Å². The Morgan fingerprint density at radius 1 is 1.06 bits per heavy atom. The molecule has 0 aromatic heterocycles. The molecule has 1 heteroatoms. The first-order valence-electron chi connectivity index (χ1n) is 8.35. The number of rotatable bonds is 5. The fourth-order valence-corrected chi connectivity index (χ4v) is 9.38. The van der Waals surface area contributed by atoms with E-state index < -0.39 is 8.07 Å². The van der Waals surface area contributed by atoms with E-state index in [1.807, 2.05) is 0 Å². The fraction of sp³-hybridized carbons (Fsp3) is 0.882. The summed E-state index contributed by atoms with van der Waals surface area (Å²) in [4.78, 5) is 0. The average Bonchev–Trinajstić information content (AvgIpc) is 2.41. The first kappa shape index (κ1) is 14.4. The standard InChI is InChI=1S/C17H32Si/c1-3-4-6-9-16-10-12-17(13-11-16)18(2)14-7-5-8-15-18/h3,16-17H,1,4-15H2,2H3/t16-,17-. The molecule has 0 aromatic carbocycles. The molecule has 2 fully saturated rings. The van der Waals surface area contributed by atoms with E-state index in [0.29, 0.717) is 0 Å². The Bertz CT molecular complexity index is 244. The van der Waals surface area contributed by atoms with Crippen molar-refractivity contribution in [3.8, 4) is 0 Å². The van der Waals surface area contributed by atoms with Crippen LogP contribution in [0.25, 0.3) is 0 Å². The van der Waals surface area contributed by atoms with E-state index in [0.717, 1.165) is 5.92 Å². The maximum Gasteiger partial charge on any atom is 0.0535 e. The van der Waals surface area contributed by atoms with E-state index in [-0.39, 0.29) is 0 Å². The normalized spacial score (nSPS) is 32.1. The SMILES string of the molecule is C=CCCC[C@H]1CC[C@H]([Si]2(C)CCCCC2)CC1. The van der Waals surface area contributed by atoms with Crippen LogP contribution in [0.5, 0.6) is 0 Å². The van der Waals surface area contributed by atoms with Gasteiger partial charge in [0.25, 0.3) is 0 Å². The maximum atomic E-state index is 3.83. The Balaban J connectivity index is 1.73. The minimum atomic E-state index is -0.820. The molecule has 1 heterocycles. The molecule has 0 N–H and O–H groups in total. The third-order valence-electron chi connectivity index (χ3n) is 5.85. The fourth-order valence-electron chi connectivity index (χ4n) is 4.47. The molecule has 104 valence electrons. The van der Waals surface area contributed by atoms with Gasteiger partial charge in [-0.15, -0.1) is 6.58 Å². The van der Waals surface area contributed by atoms with Crippen LogP contribution in [-0.4, -0.2) is 8.07 Å². The van der Waals surface area contributed by atoms with Crippen molar-refractivity contribution < 1.29 is 0 Å². The molecule has 1 saturated carbocycles. The van der Waals surface area contributed by atoms with E-state index in [4.69, 9.17) is 0 Å². The molecule has 0 spiro atoms. The second-order valence-electron chi connectivity index (χ2n) is 7.15. The van der Waals surface area contributed by atoms with Gasteiger partial charge in [0.1, 0.15) is 0 Å². The first-order valence-corrected chi connectivity index (χ1v) is 11.3. The lowest BCUT2D eigenvalue weighted by Crippen LogP contribution is -2.39. The molecular formula is C17H32Si. The third-order valence-corrected chi connectivity index (χ3v) is 11.4. The highest BCUT2D eigenvalue weighted by atomic mass is 28.3. The van der Waals surface area contributed by atoms with Crippen LogP contribution in [0.3, 0.4) is 0 Å². The molecule has 0 unspecified atom stereocenters. The monoisotopic (exact) mass is 264 g/mol. The smallest absolute Gasteiger partial charge is 0.0535 e. The van der Waals surface area contributed by atoms with Gasteiger partial charge < -0.3 is 0 Å². The number of hydrogen-bond donors (Lipinski definition) is 0. The summed E-state index contributed by atoms with van der Waals surface area (Å²) in [7, 11) is -0.820. The zero-order valence-corrected chi connectivity index (χ0v) is 13.4.